The van der Waals surface area contributed by atoms with Crippen LogP contribution in [0.1, 0.15) is 0 Å². The fourth-order valence-corrected chi connectivity index (χ4v) is 2.79. The Bertz CT molecular complexity index is 532. The molecule has 0 aliphatic rings. The van der Waals surface area contributed by atoms with E-state index in [0.717, 1.165) is 0 Å². The molecule has 20 heavy (non-hydrogen) atoms. The predicted molar refractivity (Wildman–Crippen MR) is 82.3 cm³/mol. The van der Waals surface area contributed by atoms with Gasteiger partial charge in [0, 0.05) is 25.2 Å². The van der Waals surface area contributed by atoms with Crippen LogP contribution in [0.4, 0.5) is 0 Å². The van der Waals surface area contributed by atoms with Crippen molar-refractivity contribution in [1.29, 1.82) is 0 Å². The van der Waals surface area contributed by atoms with Crippen LogP contribution in [0, 0.1) is 0 Å². The number of nitrogens with zero attached hydrogens (tertiary/aromatic N) is 1. The van der Waals surface area contributed by atoms with Crippen LogP contribution < -0.4 is 5.32 Å². The van der Waals surface area contributed by atoms with Crippen LogP contribution in [-0.2, 0) is 14.6 Å². The van der Waals surface area contributed by atoms with Crippen LogP contribution in [0.3, 0.4) is 0 Å². The third-order valence-corrected chi connectivity index (χ3v) is 4.48. The minimum absolute atomic E-state index is 0. The first-order valence-corrected chi connectivity index (χ1v) is 7.76. The number of carbonyl (C=O) groups excluding carboxylic acids is 1. The van der Waals surface area contributed by atoms with Gasteiger partial charge in [-0.25, -0.2) is 8.42 Å². The van der Waals surface area contributed by atoms with E-state index in [1.54, 1.807) is 14.1 Å². The summed E-state index contributed by atoms with van der Waals surface area (Å²) in [6, 6.07) is 5.78. The largest absolute Gasteiger partial charge is 0.344 e. The van der Waals surface area contributed by atoms with Gasteiger partial charge < -0.3 is 10.2 Å². The number of hydrogen-bond acceptors (Lipinski definition) is 4. The molecule has 0 aliphatic heterocycles. The third-order valence-electron chi connectivity index (χ3n) is 2.61. The second-order valence-corrected chi connectivity index (χ2v) is 6.56. The molecule has 0 spiro atoms. The molecule has 1 N–H and O–H groups in total. The Labute approximate surface area is 130 Å². The van der Waals surface area contributed by atoms with E-state index in [2.05, 4.69) is 5.32 Å². The summed E-state index contributed by atoms with van der Waals surface area (Å²) in [6.07, 6.45) is 0. The van der Waals surface area contributed by atoms with Crippen molar-refractivity contribution in [1.82, 2.24) is 10.2 Å². The van der Waals surface area contributed by atoms with Crippen molar-refractivity contribution in [2.75, 3.05) is 32.9 Å². The summed E-state index contributed by atoms with van der Waals surface area (Å²) in [6.45, 7) is 1.08. The van der Waals surface area contributed by atoms with E-state index in [-0.39, 0.29) is 17.3 Å². The highest BCUT2D eigenvalue weighted by molar-refractivity contribution is 7.92. The van der Waals surface area contributed by atoms with Gasteiger partial charge in [-0.1, -0.05) is 11.6 Å². The van der Waals surface area contributed by atoms with Gasteiger partial charge in [-0.3, -0.25) is 4.79 Å². The fraction of sp³-hybridized carbons (Fsp3) is 0.417. The maximum atomic E-state index is 12.0. The normalized spacial score (nSPS) is 10.8. The highest BCUT2D eigenvalue weighted by Gasteiger charge is 2.21. The summed E-state index contributed by atoms with van der Waals surface area (Å²) in [7, 11) is -0.270. The summed E-state index contributed by atoms with van der Waals surface area (Å²) in [5.74, 6) is -0.959. The first-order valence-electron chi connectivity index (χ1n) is 5.73. The lowest BCUT2D eigenvalue weighted by molar-refractivity contribution is -0.127. The molecule has 1 amide bonds. The molecule has 1 aromatic rings. The SMILES string of the molecule is CNCCN(C)C(=O)CS(=O)(=O)c1ccc(Cl)cc1.Cl. The van der Waals surface area contributed by atoms with E-state index in [1.165, 1.54) is 29.2 Å². The minimum Gasteiger partial charge on any atom is -0.344 e. The Morgan fingerprint density at radius 3 is 2.35 bits per heavy atom. The highest BCUT2D eigenvalue weighted by atomic mass is 35.5. The zero-order valence-electron chi connectivity index (χ0n) is 11.3. The van der Waals surface area contributed by atoms with Gasteiger partial charge in [-0.2, -0.15) is 0 Å². The number of benzene rings is 1. The number of hydrogen-bond donors (Lipinski definition) is 1. The van der Waals surface area contributed by atoms with Crippen molar-refractivity contribution in [2.24, 2.45) is 0 Å². The Morgan fingerprint density at radius 2 is 1.85 bits per heavy atom. The summed E-state index contributed by atoms with van der Waals surface area (Å²) in [4.78, 5) is 13.3. The molecule has 0 aliphatic carbocycles. The molecule has 0 aromatic heterocycles. The Morgan fingerprint density at radius 1 is 1.30 bits per heavy atom. The van der Waals surface area contributed by atoms with E-state index in [4.69, 9.17) is 11.6 Å². The third kappa shape index (κ3) is 5.66. The van der Waals surface area contributed by atoms with Gasteiger partial charge in [0.25, 0.3) is 0 Å². The fourth-order valence-electron chi connectivity index (χ4n) is 1.40. The lowest BCUT2D eigenvalue weighted by atomic mass is 10.4. The molecule has 0 unspecified atom stereocenters. The van der Waals surface area contributed by atoms with Crippen molar-refractivity contribution in [2.45, 2.75) is 4.90 Å². The molecule has 5 nitrogen and oxygen atoms in total. The van der Waals surface area contributed by atoms with E-state index >= 15 is 0 Å². The average Bonchev–Trinajstić information content (AvgIpc) is 2.35. The molecule has 8 heteroatoms. The van der Waals surface area contributed by atoms with Gasteiger partial charge in [0.05, 0.1) is 4.90 Å². The first kappa shape index (κ1) is 19.2. The van der Waals surface area contributed by atoms with E-state index in [0.29, 0.717) is 18.1 Å². The summed E-state index contributed by atoms with van der Waals surface area (Å²) in [5, 5.41) is 3.35. The Hall–Kier alpha value is -0.820. The Balaban J connectivity index is 0.00000361. The molecule has 0 saturated carbocycles. The zero-order valence-corrected chi connectivity index (χ0v) is 13.7. The lowest BCUT2D eigenvalue weighted by Gasteiger charge is -2.16. The van der Waals surface area contributed by atoms with Crippen LogP contribution >= 0.6 is 24.0 Å². The standard InChI is InChI=1S/C12H17ClN2O3S.ClH/c1-14-7-8-15(2)12(16)9-19(17,18)11-5-3-10(13)4-6-11;/h3-6,14H,7-9H2,1-2H3;1H. The van der Waals surface area contributed by atoms with Crippen LogP contribution in [0.15, 0.2) is 29.2 Å². The molecule has 0 bridgehead atoms. The van der Waals surface area contributed by atoms with Gasteiger partial charge >= 0.3 is 0 Å². The van der Waals surface area contributed by atoms with Crippen LogP contribution in [-0.4, -0.2) is 52.2 Å². The van der Waals surface area contributed by atoms with Gasteiger partial charge in [-0.15, -0.1) is 12.4 Å². The molecule has 114 valence electrons. The predicted octanol–water partition coefficient (Wildman–Crippen LogP) is 1.21. The molecule has 0 radical (unpaired) electrons. The number of halogens is 2. The monoisotopic (exact) mass is 340 g/mol. The number of likely N-dealkylation sites (N-methyl/N-ethyl adjacent to an activating group) is 2. The maximum Gasteiger partial charge on any atom is 0.237 e. The zero-order chi connectivity index (χ0) is 14.5. The second-order valence-electron chi connectivity index (χ2n) is 4.13. The van der Waals surface area contributed by atoms with Crippen molar-refractivity contribution >= 4 is 39.8 Å². The topological polar surface area (TPSA) is 66.5 Å². The van der Waals surface area contributed by atoms with Gasteiger partial charge in [0.2, 0.25) is 5.91 Å². The van der Waals surface area contributed by atoms with Crippen molar-refractivity contribution < 1.29 is 13.2 Å². The maximum absolute atomic E-state index is 12.0. The molecular weight excluding hydrogens is 323 g/mol. The van der Waals surface area contributed by atoms with Crippen molar-refractivity contribution in [3.05, 3.63) is 29.3 Å². The number of carbonyl (C=O) groups is 1. The van der Waals surface area contributed by atoms with E-state index in [1.807, 2.05) is 0 Å². The van der Waals surface area contributed by atoms with Crippen LogP contribution in [0.2, 0.25) is 5.02 Å². The molecule has 0 heterocycles. The summed E-state index contributed by atoms with van der Waals surface area (Å²) < 4.78 is 24.1. The van der Waals surface area contributed by atoms with E-state index < -0.39 is 21.5 Å². The quantitative estimate of drug-likeness (QED) is 0.845. The molecule has 1 rings (SSSR count). The van der Waals surface area contributed by atoms with Crippen LogP contribution in [0.25, 0.3) is 0 Å². The van der Waals surface area contributed by atoms with Gasteiger partial charge in [-0.05, 0) is 31.3 Å². The van der Waals surface area contributed by atoms with Crippen LogP contribution in [0.5, 0.6) is 0 Å². The summed E-state index contributed by atoms with van der Waals surface area (Å²) >= 11 is 5.70. The molecule has 0 fully saturated rings. The average molecular weight is 341 g/mol. The molecule has 0 atom stereocenters. The number of nitrogens with one attached hydrogen (secondary N) is 1. The van der Waals surface area contributed by atoms with Crippen molar-refractivity contribution in [3.8, 4) is 0 Å². The first-order chi connectivity index (χ1) is 8.86. The Kier molecular flexibility index (Phi) is 8.12. The van der Waals surface area contributed by atoms with Gasteiger partial charge in [0.1, 0.15) is 5.75 Å². The number of sulfone groups is 1. The lowest BCUT2D eigenvalue weighted by Crippen LogP contribution is -2.36. The minimum atomic E-state index is -3.62. The van der Waals surface area contributed by atoms with Crippen molar-refractivity contribution in [3.63, 3.8) is 0 Å². The smallest absolute Gasteiger partial charge is 0.237 e. The molecular formula is C12H18Cl2N2O3S. The second kappa shape index (κ2) is 8.46. The number of amides is 1. The highest BCUT2D eigenvalue weighted by Crippen LogP contribution is 2.15. The molecule has 0 saturated heterocycles. The summed E-state index contributed by atoms with van der Waals surface area (Å²) in [5.41, 5.74) is 0. The van der Waals surface area contributed by atoms with Gasteiger partial charge in [0.15, 0.2) is 9.84 Å². The van der Waals surface area contributed by atoms with E-state index in [9.17, 15) is 13.2 Å². The molecule has 1 aromatic carbocycles. The number of rotatable bonds is 6.